The van der Waals surface area contributed by atoms with Crippen molar-refractivity contribution >= 4 is 11.5 Å². The molecule has 0 aliphatic heterocycles. The molecule has 1 N–H and O–H groups in total. The third-order valence-corrected chi connectivity index (χ3v) is 0. The van der Waals surface area contributed by atoms with Crippen LogP contribution in [0.3, 0.4) is 0 Å². The van der Waals surface area contributed by atoms with Crippen molar-refractivity contribution in [2.75, 3.05) is 0 Å². The molecule has 14 heavy (non-hydrogen) atoms. The summed E-state index contributed by atoms with van der Waals surface area (Å²) >= 11 is -3.11. The Bertz CT molecular complexity index is 127. The molecule has 0 spiro atoms. The zero-order valence-electron chi connectivity index (χ0n) is 7.01. The van der Waals surface area contributed by atoms with Crippen LogP contribution in [0.4, 0.5) is 7.77 Å². The molecule has 9 nitrogen and oxygen atoms in total. The third-order valence-electron chi connectivity index (χ3n) is 0. The molecule has 0 atom stereocenters. The van der Waals surface area contributed by atoms with Gasteiger partial charge < -0.3 is 30.6 Å². The van der Waals surface area contributed by atoms with Crippen LogP contribution in [0.15, 0.2) is 0 Å². The van der Waals surface area contributed by atoms with Gasteiger partial charge in [-0.05, 0) is 0 Å². The molecular formula is HF2Li2N3O6S. The average molecular weight is 223 g/mol. The molecule has 0 fully saturated rings. The zero-order valence-corrected chi connectivity index (χ0v) is 7.82. The second kappa shape index (κ2) is 22.9. The van der Waals surface area contributed by atoms with Crippen LogP contribution in [-0.2, 0) is 11.5 Å². The average Bonchev–Trinajstić information content (AvgIpc) is 1.54. The number of nitrogens with zero attached hydrogens (tertiary/aromatic N) is 2. The minimum atomic E-state index is -3.11. The second-order valence-electron chi connectivity index (χ2n) is 0.660. The summed E-state index contributed by atoms with van der Waals surface area (Å²) in [5.74, 6) is 0. The summed E-state index contributed by atoms with van der Waals surface area (Å²) in [6, 6.07) is 0. The van der Waals surface area contributed by atoms with Crippen molar-refractivity contribution in [2.24, 2.45) is 0 Å². The molecule has 0 saturated heterocycles. The van der Waals surface area contributed by atoms with Gasteiger partial charge in [-0.15, -0.1) is 7.77 Å². The molecule has 0 heterocycles. The second-order valence-corrected chi connectivity index (χ2v) is 1.09. The van der Waals surface area contributed by atoms with Gasteiger partial charge in [-0.25, -0.2) is 4.78 Å². The van der Waals surface area contributed by atoms with Crippen LogP contribution in [0.1, 0.15) is 0 Å². The smallest absolute Gasteiger partial charge is 0.356 e. The maximum atomic E-state index is 10.0. The summed E-state index contributed by atoms with van der Waals surface area (Å²) in [5, 5.41) is 29.5. The van der Waals surface area contributed by atoms with Gasteiger partial charge in [0.1, 0.15) is 0 Å². The van der Waals surface area contributed by atoms with Crippen LogP contribution in [0.5, 0.6) is 0 Å². The van der Waals surface area contributed by atoms with Crippen molar-refractivity contribution in [3.63, 3.8) is 0 Å². The van der Waals surface area contributed by atoms with E-state index in [1.165, 1.54) is 0 Å². The predicted molar refractivity (Wildman–Crippen MR) is 33.0 cm³/mol. The molecule has 14 heteroatoms. The van der Waals surface area contributed by atoms with Crippen LogP contribution in [0, 0.1) is 35.4 Å². The molecule has 0 rings (SSSR count). The SMILES string of the molecule is N=S(F)F.O=[N+]([O-])[O-].O=[N+]([O-])[O-].[Li+].[Li+]. The van der Waals surface area contributed by atoms with E-state index in [-0.39, 0.29) is 37.7 Å². The molecule has 0 unspecified atom stereocenters. The van der Waals surface area contributed by atoms with Gasteiger partial charge >= 0.3 is 37.7 Å². The first-order valence-electron chi connectivity index (χ1n) is 1.61. The molecule has 0 aliphatic carbocycles. The number of nitrogens with one attached hydrogen (secondary N) is 1. The summed E-state index contributed by atoms with van der Waals surface area (Å²) in [6.45, 7) is 0. The summed E-state index contributed by atoms with van der Waals surface area (Å²) in [6.07, 6.45) is 0. The van der Waals surface area contributed by atoms with E-state index in [0.29, 0.717) is 0 Å². The largest absolute Gasteiger partial charge is 1.00 e. The molecular weight excluding hydrogens is 222 g/mol. The van der Waals surface area contributed by atoms with Crippen LogP contribution in [0.2, 0.25) is 0 Å². The third kappa shape index (κ3) is 8360. The fourth-order valence-electron chi connectivity index (χ4n) is 0. The van der Waals surface area contributed by atoms with Gasteiger partial charge in [0.2, 0.25) is 0 Å². The summed E-state index contributed by atoms with van der Waals surface area (Å²) in [4.78, 5) is 16.5. The fourth-order valence-corrected chi connectivity index (χ4v) is 0. The van der Waals surface area contributed by atoms with Gasteiger partial charge in [0, 0.05) is 0 Å². The van der Waals surface area contributed by atoms with E-state index in [1.54, 1.807) is 0 Å². The van der Waals surface area contributed by atoms with E-state index in [9.17, 15) is 7.77 Å². The van der Waals surface area contributed by atoms with Crippen molar-refractivity contribution in [3.05, 3.63) is 30.6 Å². The Morgan fingerprint density at radius 3 is 0.929 bits per heavy atom. The Morgan fingerprint density at radius 1 is 0.929 bits per heavy atom. The molecule has 0 aromatic carbocycles. The molecule has 74 valence electrons. The minimum Gasteiger partial charge on any atom is -0.356 e. The van der Waals surface area contributed by atoms with Crippen LogP contribution < -0.4 is 37.7 Å². The molecule has 0 saturated carbocycles. The van der Waals surface area contributed by atoms with E-state index in [0.717, 1.165) is 0 Å². The van der Waals surface area contributed by atoms with Gasteiger partial charge in [0.25, 0.3) is 11.5 Å². The first-order valence-corrected chi connectivity index (χ1v) is 2.63. The normalized spacial score (nSPS) is 5.93. The van der Waals surface area contributed by atoms with Crippen LogP contribution in [0.25, 0.3) is 0 Å². The quantitative estimate of drug-likeness (QED) is 0.245. The van der Waals surface area contributed by atoms with E-state index in [4.69, 9.17) is 35.4 Å². The van der Waals surface area contributed by atoms with Gasteiger partial charge in [-0.2, -0.15) is 0 Å². The Labute approximate surface area is 103 Å². The molecule has 0 aromatic rings. The molecule has 0 amide bonds. The Hall–Kier alpha value is -0.395. The monoisotopic (exact) mass is 223 g/mol. The topological polar surface area (TPSA) is 156 Å². The first kappa shape index (κ1) is 29.2. The summed E-state index contributed by atoms with van der Waals surface area (Å²) in [7, 11) is 0. The Kier molecular flexibility index (Phi) is 47.8. The number of hydrogen-bond acceptors (Lipinski definition) is 7. The minimum absolute atomic E-state index is 0. The van der Waals surface area contributed by atoms with Gasteiger partial charge in [0.15, 0.2) is 0 Å². The molecule has 0 bridgehead atoms. The number of hydrogen-bond donors (Lipinski definition) is 1. The summed E-state index contributed by atoms with van der Waals surface area (Å²) < 4.78 is 25.3. The maximum absolute atomic E-state index is 10.0. The fraction of sp³-hybridized carbons (Fsp3) is 0. The maximum Gasteiger partial charge on any atom is 1.00 e. The molecule has 0 aliphatic rings. The van der Waals surface area contributed by atoms with E-state index in [2.05, 4.69) is 0 Å². The van der Waals surface area contributed by atoms with Gasteiger partial charge in [-0.3, -0.25) is 0 Å². The van der Waals surface area contributed by atoms with Crippen molar-refractivity contribution in [1.29, 1.82) is 4.78 Å². The van der Waals surface area contributed by atoms with Crippen molar-refractivity contribution in [3.8, 4) is 0 Å². The van der Waals surface area contributed by atoms with Crippen molar-refractivity contribution in [2.45, 2.75) is 0 Å². The van der Waals surface area contributed by atoms with E-state index >= 15 is 0 Å². The summed E-state index contributed by atoms with van der Waals surface area (Å²) in [5.41, 5.74) is 0. The predicted octanol–water partition coefficient (Wildman–Crippen LogP) is -5.33. The zero-order chi connectivity index (χ0) is 10.7. The van der Waals surface area contributed by atoms with Crippen molar-refractivity contribution in [1.82, 2.24) is 0 Å². The van der Waals surface area contributed by atoms with Gasteiger partial charge in [-0.1, -0.05) is 0 Å². The number of halogens is 2. The number of rotatable bonds is 0. The van der Waals surface area contributed by atoms with Crippen LogP contribution in [-0.4, -0.2) is 10.2 Å². The van der Waals surface area contributed by atoms with Crippen molar-refractivity contribution < 1.29 is 55.7 Å². The van der Waals surface area contributed by atoms with Gasteiger partial charge in [0.05, 0.1) is 10.2 Å². The standard InChI is InChI=1S/F2HNS.2Li.2NO3/c1-4(2)3;;;2*2-1(3)4/h3H;;;;/q;2*+1;2*-1. The van der Waals surface area contributed by atoms with Crippen LogP contribution >= 0.6 is 0 Å². The van der Waals surface area contributed by atoms with E-state index < -0.39 is 21.6 Å². The molecule has 0 radical (unpaired) electrons. The molecule has 0 aromatic heterocycles. The van der Waals surface area contributed by atoms with E-state index in [1.807, 2.05) is 0 Å². The first-order chi connectivity index (χ1) is 5.20. The Morgan fingerprint density at radius 2 is 0.929 bits per heavy atom. The Balaban J connectivity index is -0.0000000270.